The Kier molecular flexibility index (Phi) is 3.06. The van der Waals surface area contributed by atoms with E-state index >= 15 is 0 Å². The second-order valence-electron chi connectivity index (χ2n) is 5.53. The van der Waals surface area contributed by atoms with E-state index in [4.69, 9.17) is 0 Å². The molecular weight excluding hydrogens is 208 g/mol. The molecule has 1 N–H and O–H groups in total. The van der Waals surface area contributed by atoms with Crippen LogP contribution >= 0.6 is 0 Å². The molecule has 17 heavy (non-hydrogen) atoms. The maximum atomic E-state index is 3.45. The smallest absolute Gasteiger partial charge is 0.0397 e. The summed E-state index contributed by atoms with van der Waals surface area (Å²) in [6.45, 7) is 3.64. The first-order valence-corrected chi connectivity index (χ1v) is 6.86. The lowest BCUT2D eigenvalue weighted by Gasteiger charge is -2.13. The van der Waals surface area contributed by atoms with Crippen LogP contribution in [0.25, 0.3) is 0 Å². The van der Waals surface area contributed by atoms with Gasteiger partial charge >= 0.3 is 0 Å². The third-order valence-corrected chi connectivity index (χ3v) is 4.28. The summed E-state index contributed by atoms with van der Waals surface area (Å²) in [6, 6.07) is 7.06. The molecule has 2 nitrogen and oxygen atoms in total. The molecule has 0 aromatic heterocycles. The Morgan fingerprint density at radius 2 is 2.35 bits per heavy atom. The van der Waals surface area contributed by atoms with Crippen LogP contribution in [0.4, 0.5) is 5.69 Å². The maximum absolute atomic E-state index is 3.45. The molecule has 0 aliphatic carbocycles. The molecule has 2 aliphatic rings. The van der Waals surface area contributed by atoms with Crippen LogP contribution in [-0.4, -0.2) is 26.7 Å². The molecule has 0 amide bonds. The van der Waals surface area contributed by atoms with Crippen molar-refractivity contribution in [2.75, 3.05) is 31.6 Å². The minimum Gasteiger partial charge on any atom is -0.374 e. The highest BCUT2D eigenvalue weighted by Crippen LogP contribution is 2.28. The van der Waals surface area contributed by atoms with Crippen molar-refractivity contribution in [1.29, 1.82) is 0 Å². The Morgan fingerprint density at radius 1 is 1.41 bits per heavy atom. The van der Waals surface area contributed by atoms with E-state index in [1.807, 2.05) is 0 Å². The molecule has 1 aromatic rings. The van der Waals surface area contributed by atoms with E-state index in [0.29, 0.717) is 0 Å². The van der Waals surface area contributed by atoms with E-state index in [0.717, 1.165) is 5.92 Å². The van der Waals surface area contributed by atoms with Crippen molar-refractivity contribution in [1.82, 2.24) is 5.32 Å². The van der Waals surface area contributed by atoms with Crippen LogP contribution in [0.3, 0.4) is 0 Å². The van der Waals surface area contributed by atoms with Crippen molar-refractivity contribution < 1.29 is 0 Å². The topological polar surface area (TPSA) is 15.3 Å². The third-order valence-electron chi connectivity index (χ3n) is 4.28. The standard InChI is InChI=1S/C15H22N2/c1-17-9-7-14-10-12(4-5-15(14)17)2-3-13-6-8-16-11-13/h4-5,10,13,16H,2-3,6-9,11H2,1H3. The van der Waals surface area contributed by atoms with Gasteiger partial charge in [0.2, 0.25) is 0 Å². The number of rotatable bonds is 3. The molecule has 2 heterocycles. The zero-order chi connectivity index (χ0) is 11.7. The number of nitrogens with one attached hydrogen (secondary N) is 1. The predicted molar refractivity (Wildman–Crippen MR) is 72.7 cm³/mol. The summed E-state index contributed by atoms with van der Waals surface area (Å²) < 4.78 is 0. The number of hydrogen-bond acceptors (Lipinski definition) is 2. The molecular formula is C15H22N2. The summed E-state index contributed by atoms with van der Waals surface area (Å²) in [6.07, 6.45) is 5.20. The first-order valence-electron chi connectivity index (χ1n) is 6.86. The molecule has 1 saturated heterocycles. The van der Waals surface area contributed by atoms with Gasteiger partial charge in [0.25, 0.3) is 0 Å². The largest absolute Gasteiger partial charge is 0.374 e. The van der Waals surface area contributed by atoms with E-state index in [-0.39, 0.29) is 0 Å². The van der Waals surface area contributed by atoms with Crippen molar-refractivity contribution in [2.24, 2.45) is 5.92 Å². The van der Waals surface area contributed by atoms with Gasteiger partial charge in [0, 0.05) is 19.3 Å². The molecule has 0 spiro atoms. The Hall–Kier alpha value is -1.02. The highest BCUT2D eigenvalue weighted by atomic mass is 15.1. The fourth-order valence-corrected chi connectivity index (χ4v) is 3.11. The normalized spacial score (nSPS) is 23.1. The van der Waals surface area contributed by atoms with Gasteiger partial charge in [-0.05, 0) is 61.9 Å². The fourth-order valence-electron chi connectivity index (χ4n) is 3.11. The number of aryl methyl sites for hydroxylation is 1. The molecule has 0 saturated carbocycles. The Bertz CT molecular complexity index is 394. The molecule has 2 aliphatic heterocycles. The molecule has 0 bridgehead atoms. The molecule has 2 heteroatoms. The van der Waals surface area contributed by atoms with Crippen molar-refractivity contribution >= 4 is 5.69 Å². The van der Waals surface area contributed by atoms with Crippen LogP contribution in [0.15, 0.2) is 18.2 Å². The van der Waals surface area contributed by atoms with Crippen molar-refractivity contribution in [3.63, 3.8) is 0 Å². The minimum absolute atomic E-state index is 0.908. The highest BCUT2D eigenvalue weighted by Gasteiger charge is 2.17. The molecule has 92 valence electrons. The average molecular weight is 230 g/mol. The van der Waals surface area contributed by atoms with Crippen LogP contribution in [0, 0.1) is 5.92 Å². The number of fused-ring (bicyclic) bond motifs is 1. The minimum atomic E-state index is 0.908. The van der Waals surface area contributed by atoms with Gasteiger partial charge in [-0.15, -0.1) is 0 Å². The van der Waals surface area contributed by atoms with Crippen molar-refractivity contribution in [3.05, 3.63) is 29.3 Å². The van der Waals surface area contributed by atoms with Gasteiger partial charge in [-0.2, -0.15) is 0 Å². The van der Waals surface area contributed by atoms with Crippen LogP contribution in [-0.2, 0) is 12.8 Å². The summed E-state index contributed by atoms with van der Waals surface area (Å²) in [4.78, 5) is 2.36. The van der Waals surface area contributed by atoms with Crippen molar-refractivity contribution in [2.45, 2.75) is 25.7 Å². The lowest BCUT2D eigenvalue weighted by molar-refractivity contribution is 0.533. The Morgan fingerprint density at radius 3 is 3.18 bits per heavy atom. The van der Waals surface area contributed by atoms with Crippen LogP contribution < -0.4 is 10.2 Å². The zero-order valence-electron chi connectivity index (χ0n) is 10.7. The molecule has 1 atom stereocenters. The lowest BCUT2D eigenvalue weighted by Crippen LogP contribution is -2.12. The molecule has 1 aromatic carbocycles. The number of hydrogen-bond donors (Lipinski definition) is 1. The van der Waals surface area contributed by atoms with E-state index in [9.17, 15) is 0 Å². The SMILES string of the molecule is CN1CCc2cc(CCC3CCNC3)ccc21. The van der Waals surface area contributed by atoms with Crippen LogP contribution in [0.5, 0.6) is 0 Å². The average Bonchev–Trinajstić information content (AvgIpc) is 2.97. The van der Waals surface area contributed by atoms with E-state index in [1.54, 1.807) is 5.56 Å². The number of nitrogens with zero attached hydrogens (tertiary/aromatic N) is 1. The van der Waals surface area contributed by atoms with E-state index in [1.165, 1.54) is 56.6 Å². The van der Waals surface area contributed by atoms with Gasteiger partial charge in [0.05, 0.1) is 0 Å². The summed E-state index contributed by atoms with van der Waals surface area (Å²) in [5, 5.41) is 3.45. The second kappa shape index (κ2) is 4.69. The van der Waals surface area contributed by atoms with Crippen molar-refractivity contribution in [3.8, 4) is 0 Å². The highest BCUT2D eigenvalue weighted by molar-refractivity contribution is 5.58. The Labute approximate surface area is 104 Å². The summed E-state index contributed by atoms with van der Waals surface area (Å²) in [5.41, 5.74) is 4.52. The molecule has 3 rings (SSSR count). The number of anilines is 1. The molecule has 1 unspecified atom stereocenters. The van der Waals surface area contributed by atoms with Crippen LogP contribution in [0.2, 0.25) is 0 Å². The van der Waals surface area contributed by atoms with E-state index < -0.39 is 0 Å². The first-order chi connectivity index (χ1) is 8.33. The Balaban J connectivity index is 1.64. The number of likely N-dealkylation sites (N-methyl/N-ethyl adjacent to an activating group) is 1. The van der Waals surface area contributed by atoms with Gasteiger partial charge in [-0.1, -0.05) is 12.1 Å². The second-order valence-corrected chi connectivity index (χ2v) is 5.53. The molecule has 1 fully saturated rings. The van der Waals surface area contributed by atoms with Gasteiger partial charge in [0.15, 0.2) is 0 Å². The lowest BCUT2D eigenvalue weighted by atomic mass is 9.97. The molecule has 0 radical (unpaired) electrons. The maximum Gasteiger partial charge on any atom is 0.0397 e. The van der Waals surface area contributed by atoms with Gasteiger partial charge < -0.3 is 10.2 Å². The van der Waals surface area contributed by atoms with E-state index in [2.05, 4.69) is 35.5 Å². The zero-order valence-corrected chi connectivity index (χ0v) is 10.7. The summed E-state index contributed by atoms with van der Waals surface area (Å²) in [7, 11) is 2.19. The quantitative estimate of drug-likeness (QED) is 0.856. The fraction of sp³-hybridized carbons (Fsp3) is 0.600. The first kappa shape index (κ1) is 11.1. The summed E-state index contributed by atoms with van der Waals surface area (Å²) in [5.74, 6) is 0.908. The number of benzene rings is 1. The van der Waals surface area contributed by atoms with Gasteiger partial charge in [0.1, 0.15) is 0 Å². The summed E-state index contributed by atoms with van der Waals surface area (Å²) >= 11 is 0. The third kappa shape index (κ3) is 2.32. The van der Waals surface area contributed by atoms with Gasteiger partial charge in [-0.25, -0.2) is 0 Å². The van der Waals surface area contributed by atoms with Gasteiger partial charge in [-0.3, -0.25) is 0 Å². The monoisotopic (exact) mass is 230 g/mol. The predicted octanol–water partition coefficient (Wildman–Crippen LogP) is 2.22. The van der Waals surface area contributed by atoms with Crippen LogP contribution in [0.1, 0.15) is 24.0 Å².